The molecule has 0 saturated carbocycles. The van der Waals surface area contributed by atoms with Gasteiger partial charge in [0.1, 0.15) is 0 Å². The summed E-state index contributed by atoms with van der Waals surface area (Å²) in [4.78, 5) is 12.6. The lowest BCUT2D eigenvalue weighted by molar-refractivity contribution is -0.384. The highest BCUT2D eigenvalue weighted by atomic mass is 32.2. The Labute approximate surface area is 148 Å². The molecule has 1 aromatic rings. The topological polar surface area (TPSA) is 83.8 Å². The summed E-state index contributed by atoms with van der Waals surface area (Å²) in [6.45, 7) is 3.40. The van der Waals surface area contributed by atoms with E-state index in [-0.39, 0.29) is 10.6 Å². The lowest BCUT2D eigenvalue weighted by Crippen LogP contribution is -2.49. The summed E-state index contributed by atoms with van der Waals surface area (Å²) in [6.07, 6.45) is 7.92. The molecule has 2 aliphatic rings. The Morgan fingerprint density at radius 1 is 1.08 bits per heavy atom. The quantitative estimate of drug-likeness (QED) is 0.454. The summed E-state index contributed by atoms with van der Waals surface area (Å²) in [7, 11) is -3.59. The molecule has 1 heterocycles. The van der Waals surface area contributed by atoms with Crippen LogP contribution in [0.3, 0.4) is 0 Å². The molecule has 1 aromatic carbocycles. The van der Waals surface area contributed by atoms with E-state index in [4.69, 9.17) is 0 Å². The summed E-state index contributed by atoms with van der Waals surface area (Å²) < 4.78 is 26.9. The molecule has 0 bridgehead atoms. The van der Waals surface area contributed by atoms with Crippen LogP contribution in [0.2, 0.25) is 0 Å². The zero-order chi connectivity index (χ0) is 17.9. The van der Waals surface area contributed by atoms with Gasteiger partial charge in [0.25, 0.3) is 5.69 Å². The van der Waals surface area contributed by atoms with Crippen LogP contribution < -0.4 is 0 Å². The second-order valence-electron chi connectivity index (χ2n) is 6.61. The third kappa shape index (κ3) is 4.26. The SMILES string of the molecule is O=[N+]([O-])c1ccc(S(=O)(=O)N2CCN(C[C@H]3CC=CCC3)CC2)cc1. The number of rotatable bonds is 5. The van der Waals surface area contributed by atoms with Crippen LogP contribution in [0.1, 0.15) is 19.3 Å². The molecule has 0 N–H and O–H groups in total. The first-order chi connectivity index (χ1) is 12.0. The molecular formula is C17H23N3O4S. The molecule has 25 heavy (non-hydrogen) atoms. The van der Waals surface area contributed by atoms with E-state index in [1.54, 1.807) is 0 Å². The number of hydrogen-bond acceptors (Lipinski definition) is 5. The predicted molar refractivity (Wildman–Crippen MR) is 94.8 cm³/mol. The smallest absolute Gasteiger partial charge is 0.269 e. The highest BCUT2D eigenvalue weighted by Gasteiger charge is 2.29. The van der Waals surface area contributed by atoms with Gasteiger partial charge in [0.2, 0.25) is 10.0 Å². The zero-order valence-corrected chi connectivity index (χ0v) is 14.9. The Kier molecular flexibility index (Phi) is 5.51. The van der Waals surface area contributed by atoms with Gasteiger partial charge in [-0.2, -0.15) is 4.31 Å². The molecule has 136 valence electrons. The molecule has 3 rings (SSSR count). The van der Waals surface area contributed by atoms with Crippen LogP contribution in [0.25, 0.3) is 0 Å². The van der Waals surface area contributed by atoms with Crippen molar-refractivity contribution in [1.29, 1.82) is 0 Å². The number of nitrogens with zero attached hydrogens (tertiary/aromatic N) is 3. The number of nitro groups is 1. The first-order valence-electron chi connectivity index (χ1n) is 8.59. The van der Waals surface area contributed by atoms with Crippen molar-refractivity contribution in [3.63, 3.8) is 0 Å². The van der Waals surface area contributed by atoms with Crippen molar-refractivity contribution in [1.82, 2.24) is 9.21 Å². The number of non-ortho nitro benzene ring substituents is 1. The Bertz CT molecular complexity index is 738. The fourth-order valence-electron chi connectivity index (χ4n) is 3.43. The van der Waals surface area contributed by atoms with E-state index < -0.39 is 14.9 Å². The molecule has 1 saturated heterocycles. The van der Waals surface area contributed by atoms with Crippen LogP contribution in [0.4, 0.5) is 5.69 Å². The van der Waals surface area contributed by atoms with Crippen LogP contribution in [0.15, 0.2) is 41.3 Å². The van der Waals surface area contributed by atoms with E-state index >= 15 is 0 Å². The van der Waals surface area contributed by atoms with E-state index in [1.807, 2.05) is 0 Å². The maximum absolute atomic E-state index is 12.7. The van der Waals surface area contributed by atoms with Crippen LogP contribution in [0, 0.1) is 16.0 Å². The largest absolute Gasteiger partial charge is 0.300 e. The minimum Gasteiger partial charge on any atom is -0.300 e. The van der Waals surface area contributed by atoms with Crippen molar-refractivity contribution in [3.8, 4) is 0 Å². The summed E-state index contributed by atoms with van der Waals surface area (Å²) in [5.41, 5.74) is -0.106. The number of hydrogen-bond donors (Lipinski definition) is 0. The second-order valence-corrected chi connectivity index (χ2v) is 8.54. The molecule has 7 nitrogen and oxygen atoms in total. The summed E-state index contributed by atoms with van der Waals surface area (Å²) in [5, 5.41) is 10.7. The summed E-state index contributed by atoms with van der Waals surface area (Å²) in [6, 6.07) is 5.10. The minimum absolute atomic E-state index is 0.106. The van der Waals surface area contributed by atoms with E-state index in [9.17, 15) is 18.5 Å². The van der Waals surface area contributed by atoms with Gasteiger partial charge in [0.05, 0.1) is 9.82 Å². The standard InChI is InChI=1S/C17H23N3O4S/c21-20(22)16-6-8-17(9-7-16)25(23,24)19-12-10-18(11-13-19)14-15-4-2-1-3-5-15/h1-2,6-9,15H,3-5,10-14H2/t15-/m0/s1. The molecule has 0 aromatic heterocycles. The van der Waals surface area contributed by atoms with Crippen molar-refractivity contribution in [2.45, 2.75) is 24.2 Å². The Hall–Kier alpha value is -1.77. The van der Waals surface area contributed by atoms with Gasteiger partial charge < -0.3 is 4.90 Å². The zero-order valence-electron chi connectivity index (χ0n) is 14.1. The Balaban J connectivity index is 1.59. The molecule has 0 unspecified atom stereocenters. The monoisotopic (exact) mass is 365 g/mol. The predicted octanol–water partition coefficient (Wildman–Crippen LogP) is 2.26. The van der Waals surface area contributed by atoms with Gasteiger partial charge in [-0.1, -0.05) is 12.2 Å². The van der Waals surface area contributed by atoms with E-state index in [0.717, 1.165) is 32.5 Å². The molecule has 8 heteroatoms. The van der Waals surface area contributed by atoms with Crippen molar-refractivity contribution in [3.05, 3.63) is 46.5 Å². The Morgan fingerprint density at radius 3 is 2.32 bits per heavy atom. The van der Waals surface area contributed by atoms with Gasteiger partial charge >= 0.3 is 0 Å². The van der Waals surface area contributed by atoms with Gasteiger partial charge in [0, 0.05) is 44.9 Å². The normalized spacial score (nSPS) is 22.8. The summed E-state index contributed by atoms with van der Waals surface area (Å²) in [5.74, 6) is 0.669. The van der Waals surface area contributed by atoms with Gasteiger partial charge in [-0.25, -0.2) is 8.42 Å². The number of piperazine rings is 1. The molecule has 1 fully saturated rings. The molecule has 0 spiro atoms. The van der Waals surface area contributed by atoms with Gasteiger partial charge in [0.15, 0.2) is 0 Å². The van der Waals surface area contributed by atoms with Crippen LogP contribution in [-0.4, -0.2) is 55.3 Å². The molecule has 1 aliphatic carbocycles. The average Bonchev–Trinajstić information content (AvgIpc) is 2.63. The third-order valence-electron chi connectivity index (χ3n) is 4.91. The number of allylic oxidation sites excluding steroid dienone is 2. The highest BCUT2D eigenvalue weighted by Crippen LogP contribution is 2.23. The van der Waals surface area contributed by atoms with E-state index in [1.165, 1.54) is 35.0 Å². The lowest BCUT2D eigenvalue weighted by Gasteiger charge is -2.36. The van der Waals surface area contributed by atoms with Gasteiger partial charge in [-0.15, -0.1) is 0 Å². The minimum atomic E-state index is -3.59. The fourth-order valence-corrected chi connectivity index (χ4v) is 4.85. The first kappa shape index (κ1) is 18.0. The maximum atomic E-state index is 12.7. The molecule has 0 amide bonds. The number of benzene rings is 1. The second kappa shape index (κ2) is 7.63. The molecule has 1 aliphatic heterocycles. The molecule has 0 radical (unpaired) electrons. The van der Waals surface area contributed by atoms with Gasteiger partial charge in [-0.05, 0) is 37.3 Å². The fraction of sp³-hybridized carbons (Fsp3) is 0.529. The summed E-state index contributed by atoms with van der Waals surface area (Å²) >= 11 is 0. The first-order valence-corrected chi connectivity index (χ1v) is 10.0. The van der Waals surface area contributed by atoms with Crippen LogP contribution >= 0.6 is 0 Å². The molecular weight excluding hydrogens is 342 g/mol. The van der Waals surface area contributed by atoms with Crippen molar-refractivity contribution >= 4 is 15.7 Å². The van der Waals surface area contributed by atoms with Crippen LogP contribution in [-0.2, 0) is 10.0 Å². The maximum Gasteiger partial charge on any atom is 0.269 e. The Morgan fingerprint density at radius 2 is 1.76 bits per heavy atom. The van der Waals surface area contributed by atoms with Gasteiger partial charge in [-0.3, -0.25) is 10.1 Å². The lowest BCUT2D eigenvalue weighted by atomic mass is 9.94. The third-order valence-corrected chi connectivity index (χ3v) is 6.82. The highest BCUT2D eigenvalue weighted by molar-refractivity contribution is 7.89. The van der Waals surface area contributed by atoms with E-state index in [2.05, 4.69) is 17.1 Å². The van der Waals surface area contributed by atoms with Crippen molar-refractivity contribution < 1.29 is 13.3 Å². The van der Waals surface area contributed by atoms with Crippen LogP contribution in [0.5, 0.6) is 0 Å². The average molecular weight is 365 g/mol. The van der Waals surface area contributed by atoms with E-state index in [0.29, 0.717) is 19.0 Å². The number of nitro benzene ring substituents is 1. The van der Waals surface area contributed by atoms with Crippen molar-refractivity contribution in [2.75, 3.05) is 32.7 Å². The number of sulfonamides is 1. The molecule has 1 atom stereocenters. The van der Waals surface area contributed by atoms with Crippen molar-refractivity contribution in [2.24, 2.45) is 5.92 Å².